The van der Waals surface area contributed by atoms with E-state index in [-0.39, 0.29) is 17.1 Å². The molecule has 0 spiro atoms. The van der Waals surface area contributed by atoms with Crippen LogP contribution < -0.4 is 10.3 Å². The SMILES string of the molecule is Cc1ccc2oc3c(c(=O)c2c1)C(c1ccccc1)N(c1cccc(Br)c1)C3=O. The Kier molecular flexibility index (Phi) is 4.14. The van der Waals surface area contributed by atoms with E-state index in [1.807, 2.05) is 73.7 Å². The highest BCUT2D eigenvalue weighted by Crippen LogP contribution is 2.41. The summed E-state index contributed by atoms with van der Waals surface area (Å²) >= 11 is 3.48. The highest BCUT2D eigenvalue weighted by molar-refractivity contribution is 9.10. The van der Waals surface area contributed by atoms with Gasteiger partial charge in [-0.2, -0.15) is 0 Å². The zero-order chi connectivity index (χ0) is 20.1. The van der Waals surface area contributed by atoms with Crippen LogP contribution in [0.1, 0.15) is 33.3 Å². The number of carbonyl (C=O) groups excluding carboxylic acids is 1. The van der Waals surface area contributed by atoms with E-state index in [0.29, 0.717) is 22.2 Å². The number of nitrogens with zero attached hydrogens (tertiary/aromatic N) is 1. The first-order valence-corrected chi connectivity index (χ1v) is 10.1. The molecule has 4 aromatic rings. The number of fused-ring (bicyclic) bond motifs is 2. The van der Waals surface area contributed by atoms with Crippen LogP contribution in [0.2, 0.25) is 0 Å². The van der Waals surface area contributed by atoms with Crippen LogP contribution in [-0.2, 0) is 0 Å². The Morgan fingerprint density at radius 1 is 0.931 bits per heavy atom. The third-order valence-corrected chi connectivity index (χ3v) is 5.72. The second-order valence-corrected chi connectivity index (χ2v) is 8.06. The van der Waals surface area contributed by atoms with Gasteiger partial charge in [-0.05, 0) is 42.8 Å². The fourth-order valence-electron chi connectivity index (χ4n) is 3.93. The van der Waals surface area contributed by atoms with Crippen molar-refractivity contribution in [2.45, 2.75) is 13.0 Å². The van der Waals surface area contributed by atoms with Crippen LogP contribution in [0.3, 0.4) is 0 Å². The van der Waals surface area contributed by atoms with Crippen LogP contribution in [-0.4, -0.2) is 5.91 Å². The minimum Gasteiger partial charge on any atom is -0.450 e. The van der Waals surface area contributed by atoms with Gasteiger partial charge in [0.15, 0.2) is 5.43 Å². The second-order valence-electron chi connectivity index (χ2n) is 7.14. The van der Waals surface area contributed by atoms with Crippen LogP contribution >= 0.6 is 15.9 Å². The van der Waals surface area contributed by atoms with Crippen molar-refractivity contribution in [3.63, 3.8) is 0 Å². The number of amides is 1. The van der Waals surface area contributed by atoms with Crippen molar-refractivity contribution in [3.05, 3.63) is 110 Å². The third-order valence-electron chi connectivity index (χ3n) is 5.23. The molecule has 142 valence electrons. The summed E-state index contributed by atoms with van der Waals surface area (Å²) in [6, 6.07) is 22.0. The maximum absolute atomic E-state index is 13.5. The molecule has 29 heavy (non-hydrogen) atoms. The van der Waals surface area contributed by atoms with Gasteiger partial charge in [0.2, 0.25) is 5.76 Å². The number of benzene rings is 3. The predicted molar refractivity (Wildman–Crippen MR) is 116 cm³/mol. The van der Waals surface area contributed by atoms with Crippen LogP contribution in [0.4, 0.5) is 5.69 Å². The molecular weight excluding hydrogens is 430 g/mol. The summed E-state index contributed by atoms with van der Waals surface area (Å²) in [5, 5.41) is 0.494. The zero-order valence-electron chi connectivity index (χ0n) is 15.6. The molecule has 0 N–H and O–H groups in total. The number of hydrogen-bond donors (Lipinski definition) is 0. The van der Waals surface area contributed by atoms with Gasteiger partial charge in [0, 0.05) is 10.2 Å². The Morgan fingerprint density at radius 2 is 1.72 bits per heavy atom. The Labute approximate surface area is 175 Å². The maximum Gasteiger partial charge on any atom is 0.295 e. The monoisotopic (exact) mass is 445 g/mol. The Balaban J connectivity index is 1.84. The normalized spacial score (nSPS) is 15.7. The van der Waals surface area contributed by atoms with Gasteiger partial charge in [-0.25, -0.2) is 0 Å². The van der Waals surface area contributed by atoms with Crippen molar-refractivity contribution in [2.75, 3.05) is 4.90 Å². The van der Waals surface area contributed by atoms with E-state index < -0.39 is 6.04 Å². The minimum absolute atomic E-state index is 0.111. The average Bonchev–Trinajstić information content (AvgIpc) is 3.02. The minimum atomic E-state index is -0.547. The van der Waals surface area contributed by atoms with E-state index in [1.165, 1.54) is 0 Å². The quantitative estimate of drug-likeness (QED) is 0.402. The molecule has 2 heterocycles. The van der Waals surface area contributed by atoms with E-state index in [0.717, 1.165) is 15.6 Å². The molecular formula is C24H16BrNO3. The zero-order valence-corrected chi connectivity index (χ0v) is 17.1. The molecule has 0 bridgehead atoms. The summed E-state index contributed by atoms with van der Waals surface area (Å²) in [5.74, 6) is -0.202. The standard InChI is InChI=1S/C24H16BrNO3/c1-14-10-11-19-18(12-14)22(27)20-21(15-6-3-2-4-7-15)26(24(28)23(20)29-19)17-9-5-8-16(25)13-17/h2-13,21H,1H3. The van der Waals surface area contributed by atoms with E-state index in [9.17, 15) is 9.59 Å². The number of carbonyl (C=O) groups is 1. The number of rotatable bonds is 2. The van der Waals surface area contributed by atoms with Gasteiger partial charge in [-0.1, -0.05) is 64.0 Å². The molecule has 1 unspecified atom stereocenters. The van der Waals surface area contributed by atoms with E-state index >= 15 is 0 Å². The van der Waals surface area contributed by atoms with E-state index in [4.69, 9.17) is 4.42 Å². The lowest BCUT2D eigenvalue weighted by atomic mass is 9.98. The molecule has 5 rings (SSSR count). The summed E-state index contributed by atoms with van der Waals surface area (Å²) in [5.41, 5.74) is 3.18. The largest absolute Gasteiger partial charge is 0.450 e. The molecule has 1 aliphatic rings. The molecule has 0 saturated heterocycles. The van der Waals surface area contributed by atoms with Crippen molar-refractivity contribution >= 4 is 38.5 Å². The smallest absolute Gasteiger partial charge is 0.295 e. The van der Waals surface area contributed by atoms with Crippen molar-refractivity contribution in [1.29, 1.82) is 0 Å². The first-order chi connectivity index (χ1) is 14.0. The summed E-state index contributed by atoms with van der Waals surface area (Å²) in [4.78, 5) is 28.6. The topological polar surface area (TPSA) is 50.5 Å². The van der Waals surface area contributed by atoms with Gasteiger partial charge in [0.25, 0.3) is 5.91 Å². The number of aryl methyl sites for hydroxylation is 1. The molecule has 0 aliphatic carbocycles. The van der Waals surface area contributed by atoms with E-state index in [2.05, 4.69) is 15.9 Å². The molecule has 5 heteroatoms. The lowest BCUT2D eigenvalue weighted by molar-refractivity contribution is 0.0971. The van der Waals surface area contributed by atoms with Crippen molar-refractivity contribution in [2.24, 2.45) is 0 Å². The van der Waals surface area contributed by atoms with Gasteiger partial charge < -0.3 is 4.42 Å². The number of hydrogen-bond acceptors (Lipinski definition) is 3. The van der Waals surface area contributed by atoms with Gasteiger partial charge in [-0.3, -0.25) is 14.5 Å². The Hall–Kier alpha value is -3.18. The maximum atomic E-state index is 13.5. The number of halogens is 1. The van der Waals surface area contributed by atoms with Crippen LogP contribution in [0.25, 0.3) is 11.0 Å². The Bertz CT molecular complexity index is 1330. The van der Waals surface area contributed by atoms with Crippen LogP contribution in [0.5, 0.6) is 0 Å². The highest BCUT2D eigenvalue weighted by Gasteiger charge is 2.43. The van der Waals surface area contributed by atoms with Crippen LogP contribution in [0.15, 0.2) is 86.5 Å². The molecule has 3 aromatic carbocycles. The van der Waals surface area contributed by atoms with Crippen molar-refractivity contribution in [1.82, 2.24) is 0 Å². The van der Waals surface area contributed by atoms with E-state index in [1.54, 1.807) is 11.0 Å². The molecule has 1 atom stereocenters. The van der Waals surface area contributed by atoms with Crippen molar-refractivity contribution < 1.29 is 9.21 Å². The molecule has 1 amide bonds. The fraction of sp³-hybridized carbons (Fsp3) is 0.0833. The lowest BCUT2D eigenvalue weighted by Gasteiger charge is -2.25. The number of anilines is 1. The van der Waals surface area contributed by atoms with Gasteiger partial charge in [0.05, 0.1) is 17.0 Å². The summed E-state index contributed by atoms with van der Waals surface area (Å²) in [7, 11) is 0. The summed E-state index contributed by atoms with van der Waals surface area (Å²) in [6.45, 7) is 1.93. The molecule has 0 saturated carbocycles. The Morgan fingerprint density at radius 3 is 2.48 bits per heavy atom. The second kappa shape index (κ2) is 6.71. The van der Waals surface area contributed by atoms with Crippen molar-refractivity contribution in [3.8, 4) is 0 Å². The fourth-order valence-corrected chi connectivity index (χ4v) is 4.32. The summed E-state index contributed by atoms with van der Waals surface area (Å²) < 4.78 is 6.84. The van der Waals surface area contributed by atoms with Gasteiger partial charge >= 0.3 is 0 Å². The first-order valence-electron chi connectivity index (χ1n) is 9.26. The molecule has 0 radical (unpaired) electrons. The average molecular weight is 446 g/mol. The molecule has 4 nitrogen and oxygen atoms in total. The molecule has 1 aliphatic heterocycles. The predicted octanol–water partition coefficient (Wildman–Crippen LogP) is 5.61. The molecule has 0 fully saturated rings. The molecule has 1 aromatic heterocycles. The lowest BCUT2D eigenvalue weighted by Crippen LogP contribution is -2.29. The third kappa shape index (κ3) is 2.81. The van der Waals surface area contributed by atoms with Gasteiger partial charge in [-0.15, -0.1) is 0 Å². The van der Waals surface area contributed by atoms with Gasteiger partial charge in [0.1, 0.15) is 5.58 Å². The highest BCUT2D eigenvalue weighted by atomic mass is 79.9. The summed E-state index contributed by atoms with van der Waals surface area (Å²) in [6.07, 6.45) is 0. The first kappa shape index (κ1) is 17.9. The van der Waals surface area contributed by atoms with Crippen LogP contribution in [0, 0.1) is 6.92 Å².